The average Bonchev–Trinajstić information content (AvgIpc) is 2.12. The third-order valence-electron chi connectivity index (χ3n) is 1.83. The number of hydrogen-bond donors (Lipinski definition) is 5. The Morgan fingerprint density at radius 1 is 0.929 bits per heavy atom. The molecule has 0 saturated carbocycles. The Morgan fingerprint density at radius 2 is 1.36 bits per heavy atom. The molecule has 0 rings (SSSR count). The van der Waals surface area contributed by atoms with Crippen molar-refractivity contribution in [3.8, 4) is 0 Å². The summed E-state index contributed by atoms with van der Waals surface area (Å²) in [6, 6.07) is 0. The summed E-state index contributed by atoms with van der Waals surface area (Å²) in [4.78, 5) is 20.5. The molecule has 0 aliphatic rings. The fourth-order valence-electron chi connectivity index (χ4n) is 0.775. The summed E-state index contributed by atoms with van der Waals surface area (Å²) in [5.41, 5.74) is 0. The van der Waals surface area contributed by atoms with Gasteiger partial charge in [-0.05, 0) is 6.92 Å². The standard InChI is InChI=1S/C7H12O7/c1-2(6(11)12)3(8)4(9)5(10)7(13)14/h2-5,8-10H,1H3,(H,11,12)(H,13,14). The third kappa shape index (κ3) is 2.95. The van der Waals surface area contributed by atoms with Gasteiger partial charge in [0.05, 0.1) is 12.0 Å². The lowest BCUT2D eigenvalue weighted by molar-refractivity contribution is -0.165. The van der Waals surface area contributed by atoms with Crippen molar-refractivity contribution in [1.82, 2.24) is 0 Å². The molecule has 0 saturated heterocycles. The van der Waals surface area contributed by atoms with E-state index in [-0.39, 0.29) is 0 Å². The lowest BCUT2D eigenvalue weighted by atomic mass is 9.96. The van der Waals surface area contributed by atoms with E-state index in [2.05, 4.69) is 0 Å². The van der Waals surface area contributed by atoms with Gasteiger partial charge in [-0.3, -0.25) is 4.79 Å². The molecular weight excluding hydrogens is 196 g/mol. The molecule has 0 aliphatic carbocycles. The van der Waals surface area contributed by atoms with Crippen molar-refractivity contribution in [2.75, 3.05) is 0 Å². The smallest absolute Gasteiger partial charge is 0.335 e. The maximum absolute atomic E-state index is 10.3. The van der Waals surface area contributed by atoms with Gasteiger partial charge in [0, 0.05) is 0 Å². The number of rotatable bonds is 5. The molecule has 0 amide bonds. The molecule has 0 radical (unpaired) electrons. The summed E-state index contributed by atoms with van der Waals surface area (Å²) in [5.74, 6) is -4.48. The molecule has 0 spiro atoms. The first kappa shape index (κ1) is 12.8. The molecule has 0 bridgehead atoms. The van der Waals surface area contributed by atoms with Gasteiger partial charge >= 0.3 is 11.9 Å². The minimum Gasteiger partial charge on any atom is -0.481 e. The van der Waals surface area contributed by atoms with Crippen molar-refractivity contribution in [2.24, 2.45) is 5.92 Å². The lowest BCUT2D eigenvalue weighted by Gasteiger charge is -2.22. The third-order valence-corrected chi connectivity index (χ3v) is 1.83. The Morgan fingerprint density at radius 3 is 1.64 bits per heavy atom. The quantitative estimate of drug-likeness (QED) is 0.348. The summed E-state index contributed by atoms with van der Waals surface area (Å²) in [5, 5.41) is 43.6. The van der Waals surface area contributed by atoms with Crippen LogP contribution in [0, 0.1) is 5.92 Å². The fourth-order valence-corrected chi connectivity index (χ4v) is 0.775. The number of carboxylic acids is 2. The molecular formula is C7H12O7. The Balaban J connectivity index is 4.45. The topological polar surface area (TPSA) is 135 Å². The Kier molecular flexibility index (Phi) is 4.48. The number of aliphatic carboxylic acids is 2. The van der Waals surface area contributed by atoms with Gasteiger partial charge in [0.15, 0.2) is 6.10 Å². The SMILES string of the molecule is CC(C(=O)O)C(O)C(O)C(O)C(=O)O. The number of hydrogen-bond acceptors (Lipinski definition) is 5. The van der Waals surface area contributed by atoms with Gasteiger partial charge in [0.1, 0.15) is 6.10 Å². The molecule has 0 aromatic rings. The van der Waals surface area contributed by atoms with Crippen LogP contribution in [0.5, 0.6) is 0 Å². The molecule has 7 heteroatoms. The average molecular weight is 208 g/mol. The highest BCUT2D eigenvalue weighted by molar-refractivity contribution is 5.74. The first-order valence-corrected chi connectivity index (χ1v) is 3.78. The van der Waals surface area contributed by atoms with Crippen LogP contribution in [0.25, 0.3) is 0 Å². The van der Waals surface area contributed by atoms with Crippen molar-refractivity contribution in [1.29, 1.82) is 0 Å². The zero-order valence-corrected chi connectivity index (χ0v) is 7.36. The number of aliphatic hydroxyl groups excluding tert-OH is 3. The Hall–Kier alpha value is -1.18. The molecule has 4 unspecified atom stereocenters. The van der Waals surface area contributed by atoms with E-state index in [1.807, 2.05) is 0 Å². The maximum Gasteiger partial charge on any atom is 0.335 e. The van der Waals surface area contributed by atoms with Gasteiger partial charge in [-0.1, -0.05) is 0 Å². The van der Waals surface area contributed by atoms with E-state index >= 15 is 0 Å². The summed E-state index contributed by atoms with van der Waals surface area (Å²) in [6.45, 7) is 1.09. The molecule has 4 atom stereocenters. The van der Waals surface area contributed by atoms with Crippen LogP contribution in [0.2, 0.25) is 0 Å². The molecule has 0 aromatic heterocycles. The van der Waals surface area contributed by atoms with E-state index < -0.39 is 36.2 Å². The van der Waals surface area contributed by atoms with Crippen LogP contribution < -0.4 is 0 Å². The van der Waals surface area contributed by atoms with Gasteiger partial charge in [-0.25, -0.2) is 4.79 Å². The Bertz CT molecular complexity index is 202. The highest BCUT2D eigenvalue weighted by Gasteiger charge is 2.35. The van der Waals surface area contributed by atoms with E-state index in [9.17, 15) is 9.59 Å². The van der Waals surface area contributed by atoms with Gasteiger partial charge < -0.3 is 25.5 Å². The zero-order chi connectivity index (χ0) is 11.5. The van der Waals surface area contributed by atoms with E-state index in [4.69, 9.17) is 25.5 Å². The maximum atomic E-state index is 10.3. The molecule has 0 heterocycles. The van der Waals surface area contributed by atoms with E-state index in [1.165, 1.54) is 0 Å². The van der Waals surface area contributed by atoms with Crippen LogP contribution in [-0.2, 0) is 9.59 Å². The molecule has 7 nitrogen and oxygen atoms in total. The normalized spacial score (nSPS) is 19.4. The first-order valence-electron chi connectivity index (χ1n) is 3.78. The van der Waals surface area contributed by atoms with E-state index in [1.54, 1.807) is 0 Å². The molecule has 0 aliphatic heterocycles. The van der Waals surface area contributed by atoms with Crippen molar-refractivity contribution < 1.29 is 35.1 Å². The summed E-state index contributed by atoms with van der Waals surface area (Å²) in [7, 11) is 0. The van der Waals surface area contributed by atoms with Crippen molar-refractivity contribution >= 4 is 11.9 Å². The fraction of sp³-hybridized carbons (Fsp3) is 0.714. The Labute approximate surface area is 79.2 Å². The minimum absolute atomic E-state index is 1.09. The molecule has 14 heavy (non-hydrogen) atoms. The van der Waals surface area contributed by atoms with Gasteiger partial charge in [0.25, 0.3) is 0 Å². The second-order valence-electron chi connectivity index (χ2n) is 2.89. The summed E-state index contributed by atoms with van der Waals surface area (Å²) in [6.07, 6.45) is -6.07. The first-order chi connectivity index (χ1) is 6.29. The summed E-state index contributed by atoms with van der Waals surface area (Å²) < 4.78 is 0. The van der Waals surface area contributed by atoms with Crippen molar-refractivity contribution in [2.45, 2.75) is 25.2 Å². The molecule has 82 valence electrons. The number of carboxylic acid groups (broad SMARTS) is 2. The van der Waals surface area contributed by atoms with E-state index in [0.29, 0.717) is 0 Å². The van der Waals surface area contributed by atoms with Crippen molar-refractivity contribution in [3.05, 3.63) is 0 Å². The molecule has 0 aromatic carbocycles. The second kappa shape index (κ2) is 4.89. The highest BCUT2D eigenvalue weighted by Crippen LogP contribution is 2.10. The van der Waals surface area contributed by atoms with Crippen LogP contribution in [0.4, 0.5) is 0 Å². The van der Waals surface area contributed by atoms with E-state index in [0.717, 1.165) is 6.92 Å². The summed E-state index contributed by atoms with van der Waals surface area (Å²) >= 11 is 0. The van der Waals surface area contributed by atoms with Crippen LogP contribution in [-0.4, -0.2) is 55.8 Å². The van der Waals surface area contributed by atoms with Crippen molar-refractivity contribution in [3.63, 3.8) is 0 Å². The van der Waals surface area contributed by atoms with Gasteiger partial charge in [-0.2, -0.15) is 0 Å². The molecule has 5 N–H and O–H groups in total. The lowest BCUT2D eigenvalue weighted by Crippen LogP contribution is -2.46. The zero-order valence-electron chi connectivity index (χ0n) is 7.36. The monoisotopic (exact) mass is 208 g/mol. The minimum atomic E-state index is -2.20. The predicted molar refractivity (Wildman–Crippen MR) is 42.5 cm³/mol. The molecule has 0 fully saturated rings. The van der Waals surface area contributed by atoms with Crippen LogP contribution in [0.1, 0.15) is 6.92 Å². The second-order valence-corrected chi connectivity index (χ2v) is 2.89. The number of carbonyl (C=O) groups is 2. The van der Waals surface area contributed by atoms with Gasteiger partial charge in [0.2, 0.25) is 0 Å². The van der Waals surface area contributed by atoms with Crippen LogP contribution >= 0.6 is 0 Å². The number of aliphatic hydroxyl groups is 3. The van der Waals surface area contributed by atoms with Crippen LogP contribution in [0.3, 0.4) is 0 Å². The largest absolute Gasteiger partial charge is 0.481 e. The predicted octanol–water partition coefficient (Wildman–Crippen LogP) is -2.13. The van der Waals surface area contributed by atoms with Gasteiger partial charge in [-0.15, -0.1) is 0 Å². The highest BCUT2D eigenvalue weighted by atomic mass is 16.4. The van der Waals surface area contributed by atoms with Crippen LogP contribution in [0.15, 0.2) is 0 Å².